The van der Waals surface area contributed by atoms with E-state index in [0.29, 0.717) is 5.25 Å². The Morgan fingerprint density at radius 2 is 1.91 bits per heavy atom. The summed E-state index contributed by atoms with van der Waals surface area (Å²) in [5.74, 6) is 0. The fraction of sp³-hybridized carbons (Fsp3) is 0.667. The molecule has 0 radical (unpaired) electrons. The van der Waals surface area contributed by atoms with E-state index in [1.807, 2.05) is 6.08 Å². The van der Waals surface area contributed by atoms with Gasteiger partial charge in [-0.2, -0.15) is 11.8 Å². The predicted molar refractivity (Wildman–Crippen MR) is 52.0 cm³/mol. The van der Waals surface area contributed by atoms with E-state index >= 15 is 0 Å². The maximum Gasteiger partial charge on any atom is 0.142 e. The van der Waals surface area contributed by atoms with Crippen molar-refractivity contribution in [2.45, 2.75) is 26.0 Å². The van der Waals surface area contributed by atoms with E-state index in [9.17, 15) is 4.79 Å². The average Bonchev–Trinajstić information content (AvgIpc) is 1.87. The summed E-state index contributed by atoms with van der Waals surface area (Å²) >= 11 is 1.77. The highest BCUT2D eigenvalue weighted by molar-refractivity contribution is 7.99. The molecule has 0 aliphatic carbocycles. The van der Waals surface area contributed by atoms with Gasteiger partial charge in [0.25, 0.3) is 0 Å². The summed E-state index contributed by atoms with van der Waals surface area (Å²) in [7, 11) is 0. The van der Waals surface area contributed by atoms with Crippen molar-refractivity contribution in [1.82, 2.24) is 0 Å². The molecule has 1 atom stereocenters. The molecule has 0 spiro atoms. The van der Waals surface area contributed by atoms with Crippen LogP contribution in [0.5, 0.6) is 0 Å². The first-order valence-corrected chi connectivity index (χ1v) is 4.96. The third-order valence-corrected chi connectivity index (χ3v) is 2.84. The Bertz CT molecular complexity index is 144. The Kier molecular flexibility index (Phi) is 4.50. The molecule has 0 aromatic rings. The molecule has 11 heavy (non-hydrogen) atoms. The van der Waals surface area contributed by atoms with Crippen molar-refractivity contribution in [3.8, 4) is 0 Å². The number of carbonyl (C=O) groups is 1. The van der Waals surface area contributed by atoms with Crippen LogP contribution in [0.1, 0.15) is 20.8 Å². The Hall–Kier alpha value is -0.240. The quantitative estimate of drug-likeness (QED) is 0.480. The van der Waals surface area contributed by atoms with Crippen molar-refractivity contribution in [1.29, 1.82) is 0 Å². The Morgan fingerprint density at radius 1 is 1.36 bits per heavy atom. The van der Waals surface area contributed by atoms with Gasteiger partial charge in [-0.25, -0.2) is 0 Å². The topological polar surface area (TPSA) is 17.1 Å². The monoisotopic (exact) mass is 172 g/mol. The Morgan fingerprint density at radius 3 is 2.18 bits per heavy atom. The van der Waals surface area contributed by atoms with Crippen molar-refractivity contribution >= 4 is 18.0 Å². The standard InChI is InChI=1S/C9H16OS/c1-9(2,3)8(11-4)6-5-7-10/h5-8H,1-4H3/b6-5+. The third-order valence-electron chi connectivity index (χ3n) is 1.47. The lowest BCUT2D eigenvalue weighted by Gasteiger charge is -2.25. The molecule has 0 rings (SSSR count). The third kappa shape index (κ3) is 4.25. The molecule has 0 bridgehead atoms. The molecule has 0 aromatic heterocycles. The second-order valence-electron chi connectivity index (χ2n) is 3.54. The van der Waals surface area contributed by atoms with Crippen LogP contribution < -0.4 is 0 Å². The molecule has 2 heteroatoms. The number of hydrogen-bond donors (Lipinski definition) is 0. The lowest BCUT2D eigenvalue weighted by atomic mass is 9.91. The van der Waals surface area contributed by atoms with E-state index in [0.717, 1.165) is 6.29 Å². The molecule has 1 unspecified atom stereocenters. The second kappa shape index (κ2) is 4.60. The van der Waals surface area contributed by atoms with Crippen molar-refractivity contribution < 1.29 is 4.79 Å². The zero-order valence-corrected chi connectivity index (χ0v) is 8.44. The summed E-state index contributed by atoms with van der Waals surface area (Å²) in [5.41, 5.74) is 0.235. The molecule has 0 saturated carbocycles. The number of carbonyl (C=O) groups excluding carboxylic acids is 1. The molecule has 0 saturated heterocycles. The molecule has 0 heterocycles. The van der Waals surface area contributed by atoms with Crippen LogP contribution in [0.2, 0.25) is 0 Å². The van der Waals surface area contributed by atoms with E-state index in [-0.39, 0.29) is 5.41 Å². The summed E-state index contributed by atoms with van der Waals surface area (Å²) < 4.78 is 0. The molecular weight excluding hydrogens is 156 g/mol. The maximum absolute atomic E-state index is 10.1. The fourth-order valence-corrected chi connectivity index (χ4v) is 1.82. The molecule has 0 aliphatic heterocycles. The molecule has 0 fully saturated rings. The Balaban J connectivity index is 4.17. The minimum absolute atomic E-state index is 0.235. The SMILES string of the molecule is CSC(/C=C/C=O)C(C)(C)C. The largest absolute Gasteiger partial charge is 0.299 e. The number of rotatable bonds is 3. The van der Waals surface area contributed by atoms with Crippen LogP contribution in [-0.4, -0.2) is 17.8 Å². The number of thioether (sulfide) groups is 1. The minimum atomic E-state index is 0.235. The highest BCUT2D eigenvalue weighted by Crippen LogP contribution is 2.29. The summed E-state index contributed by atoms with van der Waals surface area (Å²) in [6.45, 7) is 6.51. The lowest BCUT2D eigenvalue weighted by molar-refractivity contribution is -0.104. The van der Waals surface area contributed by atoms with Gasteiger partial charge in [0.2, 0.25) is 0 Å². The van der Waals surface area contributed by atoms with Crippen LogP contribution in [0.15, 0.2) is 12.2 Å². The van der Waals surface area contributed by atoms with Crippen molar-refractivity contribution in [2.75, 3.05) is 6.26 Å². The van der Waals surface area contributed by atoms with Gasteiger partial charge in [-0.3, -0.25) is 4.79 Å². The molecule has 0 aromatic carbocycles. The first-order chi connectivity index (χ1) is 5.02. The molecular formula is C9H16OS. The van der Waals surface area contributed by atoms with Gasteiger partial charge in [0.1, 0.15) is 6.29 Å². The summed E-state index contributed by atoms with van der Waals surface area (Å²) in [4.78, 5) is 10.1. The fourth-order valence-electron chi connectivity index (χ4n) is 0.867. The predicted octanol–water partition coefficient (Wildman–Crippen LogP) is 2.52. The van der Waals surface area contributed by atoms with Crippen molar-refractivity contribution in [3.05, 3.63) is 12.2 Å². The van der Waals surface area contributed by atoms with Crippen LogP contribution in [0, 0.1) is 5.41 Å². The van der Waals surface area contributed by atoms with E-state index in [1.54, 1.807) is 17.8 Å². The van der Waals surface area contributed by atoms with Crippen LogP contribution in [0.25, 0.3) is 0 Å². The average molecular weight is 172 g/mol. The van der Waals surface area contributed by atoms with Crippen LogP contribution >= 0.6 is 11.8 Å². The van der Waals surface area contributed by atoms with E-state index in [2.05, 4.69) is 27.0 Å². The van der Waals surface area contributed by atoms with Crippen LogP contribution in [-0.2, 0) is 4.79 Å². The Labute approximate surface area is 73.3 Å². The van der Waals surface area contributed by atoms with Gasteiger partial charge in [0.15, 0.2) is 0 Å². The summed E-state index contributed by atoms with van der Waals surface area (Å²) in [5, 5.41) is 0.424. The van der Waals surface area contributed by atoms with E-state index in [4.69, 9.17) is 0 Å². The van der Waals surface area contributed by atoms with Gasteiger partial charge in [0.05, 0.1) is 0 Å². The van der Waals surface area contributed by atoms with Gasteiger partial charge in [-0.15, -0.1) is 0 Å². The minimum Gasteiger partial charge on any atom is -0.299 e. The van der Waals surface area contributed by atoms with Gasteiger partial charge in [0, 0.05) is 5.25 Å². The summed E-state index contributed by atoms with van der Waals surface area (Å²) in [6, 6.07) is 0. The van der Waals surface area contributed by atoms with Crippen LogP contribution in [0.3, 0.4) is 0 Å². The van der Waals surface area contributed by atoms with Gasteiger partial charge in [-0.05, 0) is 17.7 Å². The summed E-state index contributed by atoms with van der Waals surface area (Å²) in [6.07, 6.45) is 6.42. The van der Waals surface area contributed by atoms with Gasteiger partial charge >= 0.3 is 0 Å². The number of aldehydes is 1. The molecule has 0 N–H and O–H groups in total. The highest BCUT2D eigenvalue weighted by Gasteiger charge is 2.20. The normalized spacial score (nSPS) is 15.3. The molecule has 0 aliphatic rings. The first kappa shape index (κ1) is 10.8. The van der Waals surface area contributed by atoms with E-state index < -0.39 is 0 Å². The van der Waals surface area contributed by atoms with Crippen molar-refractivity contribution in [3.63, 3.8) is 0 Å². The second-order valence-corrected chi connectivity index (χ2v) is 4.52. The number of hydrogen-bond acceptors (Lipinski definition) is 2. The zero-order valence-electron chi connectivity index (χ0n) is 7.63. The maximum atomic E-state index is 10.1. The van der Waals surface area contributed by atoms with Crippen molar-refractivity contribution in [2.24, 2.45) is 5.41 Å². The highest BCUT2D eigenvalue weighted by atomic mass is 32.2. The first-order valence-electron chi connectivity index (χ1n) is 3.67. The van der Waals surface area contributed by atoms with Gasteiger partial charge in [-0.1, -0.05) is 26.8 Å². The lowest BCUT2D eigenvalue weighted by Crippen LogP contribution is -2.20. The van der Waals surface area contributed by atoms with E-state index in [1.165, 1.54) is 0 Å². The molecule has 1 nitrogen and oxygen atoms in total. The molecule has 0 amide bonds. The van der Waals surface area contributed by atoms with Gasteiger partial charge < -0.3 is 0 Å². The number of allylic oxidation sites excluding steroid dienone is 1. The smallest absolute Gasteiger partial charge is 0.142 e. The molecule has 64 valence electrons. The van der Waals surface area contributed by atoms with Crippen LogP contribution in [0.4, 0.5) is 0 Å². The zero-order chi connectivity index (χ0) is 8.91.